The summed E-state index contributed by atoms with van der Waals surface area (Å²) in [6.07, 6.45) is 1.61. The van der Waals surface area contributed by atoms with Crippen molar-refractivity contribution in [1.82, 2.24) is 0 Å². The van der Waals surface area contributed by atoms with Crippen LogP contribution in [0.5, 0.6) is 0 Å². The molecule has 0 amide bonds. The minimum absolute atomic E-state index is 0.0371. The molecular weight excluding hydrogens is 1040 g/mol. The molecule has 6 fully saturated rings. The van der Waals surface area contributed by atoms with E-state index in [0.717, 1.165) is 19.3 Å². The summed E-state index contributed by atoms with van der Waals surface area (Å²) in [6.45, 7) is 21.2. The summed E-state index contributed by atoms with van der Waals surface area (Å²) < 4.78 is 98.8. The van der Waals surface area contributed by atoms with Crippen molar-refractivity contribution in [3.8, 4) is 0 Å². The topological polar surface area (TPSA) is 222 Å². The predicted octanol–water partition coefficient (Wildman–Crippen LogP) is 6.90. The standard InChI is InChI=1S/C60H100O20/c1-17-33(2)56(63)79-48-25-43-42(60(64)23-21-41(34(3)61)59(48,60)11)19-18-39-24-40(20-22-58(39,43)10)71-31-70-35(4)47(29-65-12)77-50-27-45(68-15)54(37(6)75-50)72-32-73-57(8,9)49(30-66-13)78-51-28-46(69-16)55(38(7)76-51)80-52-26-44(67-14)53(62)36(5)74-52/h17-18,35-38,40-55,62,64H,19-32H2,1-16H3/b33-17+/t35?,36?,37?,38?,40-,41?,42?,43?,44?,45?,46?,47?,48+,49?,50?,51?,52?,53?,54?,55?,58?,59-,60-/m0/s1. The van der Waals surface area contributed by atoms with Crippen LogP contribution in [0.4, 0.5) is 0 Å². The zero-order valence-corrected chi connectivity index (χ0v) is 50.8. The van der Waals surface area contributed by atoms with Crippen LogP contribution in [-0.4, -0.2) is 200 Å². The molecule has 0 aromatic carbocycles. The second-order valence-electron chi connectivity index (χ2n) is 24.8. The number of fused-ring (bicyclic) bond motifs is 5. The van der Waals surface area contributed by atoms with Gasteiger partial charge in [0.1, 0.15) is 56.0 Å². The number of carbonyl (C=O) groups is 2. The van der Waals surface area contributed by atoms with Gasteiger partial charge in [0.2, 0.25) is 0 Å². The molecule has 460 valence electrons. The molecule has 23 atom stereocenters. The number of ketones is 1. The van der Waals surface area contributed by atoms with Crippen molar-refractivity contribution in [3.63, 3.8) is 0 Å². The number of Topliss-reactive ketones (excluding diaryl/α,β-unsaturated/α-hetero) is 1. The van der Waals surface area contributed by atoms with Crippen LogP contribution in [0.15, 0.2) is 23.3 Å². The first-order chi connectivity index (χ1) is 37.9. The molecule has 20 nitrogen and oxygen atoms in total. The number of aliphatic hydroxyl groups excluding tert-OH is 1. The average molecular weight is 1140 g/mol. The predicted molar refractivity (Wildman–Crippen MR) is 291 cm³/mol. The summed E-state index contributed by atoms with van der Waals surface area (Å²) in [4.78, 5) is 26.5. The molecule has 7 aliphatic rings. The van der Waals surface area contributed by atoms with Crippen molar-refractivity contribution in [2.75, 3.05) is 62.3 Å². The Morgan fingerprint density at radius 3 is 2.05 bits per heavy atom. The van der Waals surface area contributed by atoms with E-state index in [1.807, 2.05) is 48.5 Å². The van der Waals surface area contributed by atoms with Crippen LogP contribution in [0.3, 0.4) is 0 Å². The van der Waals surface area contributed by atoms with Crippen LogP contribution >= 0.6 is 0 Å². The fraction of sp³-hybridized carbons (Fsp3) is 0.900. The molecule has 2 N–H and O–H groups in total. The number of ether oxygens (including phenoxy) is 16. The zero-order valence-electron chi connectivity index (χ0n) is 50.8. The number of methoxy groups -OCH3 is 5. The number of esters is 1. The van der Waals surface area contributed by atoms with Crippen LogP contribution in [0.1, 0.15) is 140 Å². The Hall–Kier alpha value is -2.06. The maximum atomic E-state index is 13.3. The van der Waals surface area contributed by atoms with Gasteiger partial charge in [0.05, 0.1) is 73.2 Å². The highest BCUT2D eigenvalue weighted by Gasteiger charge is 2.71. The molecule has 0 aromatic heterocycles. The fourth-order valence-corrected chi connectivity index (χ4v) is 14.5. The Kier molecular flexibility index (Phi) is 22.9. The van der Waals surface area contributed by atoms with Crippen LogP contribution in [-0.2, 0) is 85.4 Å². The molecule has 3 heterocycles. The highest BCUT2D eigenvalue weighted by molar-refractivity contribution is 5.88. The van der Waals surface area contributed by atoms with E-state index in [1.54, 1.807) is 62.4 Å². The van der Waals surface area contributed by atoms with Crippen LogP contribution in [0.25, 0.3) is 0 Å². The molecule has 3 saturated carbocycles. The summed E-state index contributed by atoms with van der Waals surface area (Å²) >= 11 is 0. The minimum atomic E-state index is -1.15. The SMILES string of the molecule is C/C=C(\C)C(=O)O[C@@H]1CC2C(CC=C3C[C@@H](OCOC(C)C(COC)OC4CC(OC)C(OCOC(C)(C)C(COC)OC5CC(OC)C(OC6CC(OC)C(O)C(C)O6)C(C)O5)C(C)O4)CCC32C)[C@@]2(O)CCC(C(C)=O)[C@@]12C. The van der Waals surface area contributed by atoms with E-state index in [9.17, 15) is 19.8 Å². The number of rotatable bonds is 26. The van der Waals surface area contributed by atoms with Gasteiger partial charge in [0, 0.05) is 71.7 Å². The van der Waals surface area contributed by atoms with Crippen molar-refractivity contribution < 1.29 is 95.6 Å². The Balaban J connectivity index is 0.879. The molecule has 0 bridgehead atoms. The summed E-state index contributed by atoms with van der Waals surface area (Å²) in [7, 11) is 8.06. The van der Waals surface area contributed by atoms with E-state index < -0.39 is 115 Å². The Morgan fingerprint density at radius 1 is 0.787 bits per heavy atom. The molecule has 19 unspecified atom stereocenters. The van der Waals surface area contributed by atoms with Gasteiger partial charge in [-0.2, -0.15) is 0 Å². The van der Waals surface area contributed by atoms with Gasteiger partial charge in [0.15, 0.2) is 18.9 Å². The third-order valence-electron chi connectivity index (χ3n) is 19.8. The van der Waals surface area contributed by atoms with Gasteiger partial charge in [-0.05, 0) is 125 Å². The van der Waals surface area contributed by atoms with E-state index >= 15 is 0 Å². The van der Waals surface area contributed by atoms with Gasteiger partial charge in [-0.3, -0.25) is 4.79 Å². The molecule has 4 aliphatic carbocycles. The normalized spacial score (nSPS) is 41.6. The molecular formula is C60H100O20. The lowest BCUT2D eigenvalue weighted by Gasteiger charge is -2.63. The molecule has 3 aliphatic heterocycles. The highest BCUT2D eigenvalue weighted by Crippen LogP contribution is 2.68. The van der Waals surface area contributed by atoms with Crippen molar-refractivity contribution >= 4 is 11.8 Å². The summed E-state index contributed by atoms with van der Waals surface area (Å²) in [5.41, 5.74) is -1.35. The number of hydrogen-bond acceptors (Lipinski definition) is 20. The van der Waals surface area contributed by atoms with Gasteiger partial charge in [0.25, 0.3) is 0 Å². The second kappa shape index (κ2) is 28.0. The van der Waals surface area contributed by atoms with Gasteiger partial charge >= 0.3 is 5.97 Å². The molecule has 20 heteroatoms. The number of carbonyl (C=O) groups excluding carboxylic acids is 2. The van der Waals surface area contributed by atoms with Crippen LogP contribution < -0.4 is 0 Å². The lowest BCUT2D eigenvalue weighted by Crippen LogP contribution is -2.66. The third kappa shape index (κ3) is 13.9. The minimum Gasteiger partial charge on any atom is -0.458 e. The monoisotopic (exact) mass is 1140 g/mol. The molecule has 0 spiro atoms. The largest absolute Gasteiger partial charge is 0.458 e. The molecule has 3 saturated heterocycles. The van der Waals surface area contributed by atoms with Gasteiger partial charge < -0.3 is 86.0 Å². The number of hydrogen-bond donors (Lipinski definition) is 2. The Morgan fingerprint density at radius 2 is 1.41 bits per heavy atom. The van der Waals surface area contributed by atoms with Crippen molar-refractivity contribution in [2.24, 2.45) is 28.6 Å². The van der Waals surface area contributed by atoms with E-state index in [2.05, 4.69) is 13.0 Å². The smallest absolute Gasteiger partial charge is 0.333 e. The number of aliphatic hydroxyl groups is 2. The maximum Gasteiger partial charge on any atom is 0.333 e. The fourth-order valence-electron chi connectivity index (χ4n) is 14.5. The van der Waals surface area contributed by atoms with Gasteiger partial charge in [-0.1, -0.05) is 31.6 Å². The lowest BCUT2D eigenvalue weighted by atomic mass is 9.45. The Labute approximate surface area is 476 Å². The second-order valence-corrected chi connectivity index (χ2v) is 24.8. The van der Waals surface area contributed by atoms with E-state index in [0.29, 0.717) is 50.5 Å². The summed E-state index contributed by atoms with van der Waals surface area (Å²) in [6, 6.07) is 0. The first-order valence-electron chi connectivity index (χ1n) is 29.3. The van der Waals surface area contributed by atoms with Crippen LogP contribution in [0, 0.1) is 28.6 Å². The Bertz CT molecular complexity index is 2070. The molecule has 7 rings (SSSR count). The van der Waals surface area contributed by atoms with Crippen molar-refractivity contribution in [1.29, 1.82) is 0 Å². The van der Waals surface area contributed by atoms with E-state index in [1.165, 1.54) is 5.57 Å². The van der Waals surface area contributed by atoms with Crippen LogP contribution in [0.2, 0.25) is 0 Å². The summed E-state index contributed by atoms with van der Waals surface area (Å²) in [5, 5.41) is 23.3. The quantitative estimate of drug-likeness (QED) is 0.0389. The lowest BCUT2D eigenvalue weighted by molar-refractivity contribution is -0.330. The summed E-state index contributed by atoms with van der Waals surface area (Å²) in [5.74, 6) is -0.739. The van der Waals surface area contributed by atoms with E-state index in [-0.39, 0.29) is 68.0 Å². The third-order valence-corrected chi connectivity index (χ3v) is 19.8. The maximum absolute atomic E-state index is 13.3. The first-order valence-corrected chi connectivity index (χ1v) is 29.3. The van der Waals surface area contributed by atoms with Gasteiger partial charge in [-0.15, -0.1) is 0 Å². The molecule has 80 heavy (non-hydrogen) atoms. The van der Waals surface area contributed by atoms with Crippen molar-refractivity contribution in [3.05, 3.63) is 23.3 Å². The van der Waals surface area contributed by atoms with Gasteiger partial charge in [-0.25, -0.2) is 4.79 Å². The molecule has 0 radical (unpaired) electrons. The molecule has 0 aromatic rings. The average Bonchev–Trinajstić information content (AvgIpc) is 3.77. The van der Waals surface area contributed by atoms with Crippen molar-refractivity contribution in [2.45, 2.75) is 256 Å². The first kappa shape index (κ1) is 65.5. The zero-order chi connectivity index (χ0) is 58.5. The highest BCUT2D eigenvalue weighted by atomic mass is 16.8. The number of allylic oxidation sites excluding steroid dienone is 2. The van der Waals surface area contributed by atoms with E-state index in [4.69, 9.17) is 75.8 Å².